The molecule has 0 saturated carbocycles. The van der Waals surface area contributed by atoms with E-state index in [0.717, 1.165) is 16.9 Å². The molecule has 0 amide bonds. The van der Waals surface area contributed by atoms with Crippen molar-refractivity contribution in [3.05, 3.63) is 107 Å². The van der Waals surface area contributed by atoms with Crippen LogP contribution in [0, 0.1) is 6.92 Å². The predicted molar refractivity (Wildman–Crippen MR) is 124 cm³/mol. The highest BCUT2D eigenvalue weighted by Crippen LogP contribution is 2.27. The largest absolute Gasteiger partial charge is 0.497 e. The first kappa shape index (κ1) is 21.9. The molecule has 0 radical (unpaired) electrons. The van der Waals surface area contributed by atoms with Gasteiger partial charge in [-0.15, -0.1) is 0 Å². The van der Waals surface area contributed by atoms with E-state index in [1.165, 1.54) is 5.56 Å². The molecule has 31 heavy (non-hydrogen) atoms. The van der Waals surface area contributed by atoms with Gasteiger partial charge in [0.15, 0.2) is 0 Å². The van der Waals surface area contributed by atoms with Crippen molar-refractivity contribution in [2.24, 2.45) is 0 Å². The second-order valence-electron chi connectivity index (χ2n) is 6.85. The maximum absolute atomic E-state index is 12.9. The number of carbonyl (C=O) groups is 1. The summed E-state index contributed by atoms with van der Waals surface area (Å²) in [7, 11) is 1.61. The summed E-state index contributed by atoms with van der Waals surface area (Å²) in [5.41, 5.74) is 3.21. The smallest absolute Gasteiger partial charge is 0.341 e. The molecule has 0 bridgehead atoms. The second-order valence-corrected chi connectivity index (χ2v) is 6.85. The number of rotatable bonds is 8. The summed E-state index contributed by atoms with van der Waals surface area (Å²) in [4.78, 5) is 12.9. The molecular weight excluding hydrogens is 388 g/mol. The molecule has 0 aliphatic rings. The third-order valence-electron chi connectivity index (χ3n) is 4.58. The van der Waals surface area contributed by atoms with Crippen molar-refractivity contribution in [2.45, 2.75) is 13.8 Å². The van der Waals surface area contributed by atoms with E-state index in [1.54, 1.807) is 20.1 Å². The van der Waals surface area contributed by atoms with Gasteiger partial charge in [0.1, 0.15) is 22.8 Å². The van der Waals surface area contributed by atoms with Gasteiger partial charge in [-0.1, -0.05) is 54.1 Å². The Bertz CT molecular complexity index is 1050. The first-order valence-electron chi connectivity index (χ1n) is 10.1. The maximum atomic E-state index is 12.9. The fourth-order valence-electron chi connectivity index (χ4n) is 2.92. The molecule has 0 saturated heterocycles. The van der Waals surface area contributed by atoms with Crippen molar-refractivity contribution >= 4 is 17.8 Å². The summed E-state index contributed by atoms with van der Waals surface area (Å²) in [6, 6.07) is 24.8. The molecule has 0 N–H and O–H groups in total. The molecule has 0 aromatic heterocycles. The lowest BCUT2D eigenvalue weighted by atomic mass is 10.1. The summed E-state index contributed by atoms with van der Waals surface area (Å²) >= 11 is 0. The highest BCUT2D eigenvalue weighted by Gasteiger charge is 2.19. The minimum atomic E-state index is -0.451. The van der Waals surface area contributed by atoms with Crippen LogP contribution < -0.4 is 9.47 Å². The topological polar surface area (TPSA) is 44.8 Å². The summed E-state index contributed by atoms with van der Waals surface area (Å²) < 4.78 is 16.8. The van der Waals surface area contributed by atoms with Crippen LogP contribution >= 0.6 is 0 Å². The summed E-state index contributed by atoms with van der Waals surface area (Å²) in [6.07, 6.45) is 3.62. The Kier molecular flexibility index (Phi) is 7.66. The summed E-state index contributed by atoms with van der Waals surface area (Å²) in [5, 5.41) is 0. The lowest BCUT2D eigenvalue weighted by Gasteiger charge is -2.15. The third kappa shape index (κ3) is 6.09. The zero-order valence-corrected chi connectivity index (χ0v) is 18.0. The van der Waals surface area contributed by atoms with Gasteiger partial charge in [-0.2, -0.15) is 0 Å². The normalized spacial score (nSPS) is 11.7. The van der Waals surface area contributed by atoms with Crippen molar-refractivity contribution < 1.29 is 19.0 Å². The van der Waals surface area contributed by atoms with Crippen LogP contribution in [0.25, 0.3) is 11.8 Å². The Hall–Kier alpha value is -3.79. The van der Waals surface area contributed by atoms with Crippen molar-refractivity contribution in [1.82, 2.24) is 0 Å². The molecule has 4 nitrogen and oxygen atoms in total. The van der Waals surface area contributed by atoms with Gasteiger partial charge in [-0.3, -0.25) is 0 Å². The number of aryl methyl sites for hydroxylation is 1. The van der Waals surface area contributed by atoms with Crippen molar-refractivity contribution in [1.29, 1.82) is 0 Å². The van der Waals surface area contributed by atoms with E-state index < -0.39 is 5.97 Å². The highest BCUT2D eigenvalue weighted by molar-refractivity contribution is 6.00. The van der Waals surface area contributed by atoms with E-state index in [9.17, 15) is 4.79 Å². The molecule has 3 aromatic carbocycles. The van der Waals surface area contributed by atoms with Gasteiger partial charge in [0.25, 0.3) is 0 Å². The molecule has 4 heteroatoms. The maximum Gasteiger partial charge on any atom is 0.341 e. The molecular formula is C27H26O4. The quantitative estimate of drug-likeness (QED) is 0.194. The van der Waals surface area contributed by atoms with Gasteiger partial charge in [-0.05, 0) is 61.9 Å². The highest BCUT2D eigenvalue weighted by atomic mass is 16.5. The SMILES string of the molecule is CCOC(=O)C(/C=C/c1ccc(C)cc1)=C(/Oc1ccccc1)c1ccc(OC)cc1. The number of esters is 1. The monoisotopic (exact) mass is 414 g/mol. The van der Waals surface area contributed by atoms with E-state index in [4.69, 9.17) is 14.2 Å². The van der Waals surface area contributed by atoms with Gasteiger partial charge < -0.3 is 14.2 Å². The molecule has 0 fully saturated rings. The van der Waals surface area contributed by atoms with Crippen LogP contribution in [0.5, 0.6) is 11.5 Å². The molecule has 0 atom stereocenters. The molecule has 3 rings (SSSR count). The van der Waals surface area contributed by atoms with Gasteiger partial charge in [0.05, 0.1) is 13.7 Å². The summed E-state index contributed by atoms with van der Waals surface area (Å²) in [6.45, 7) is 4.08. The zero-order chi connectivity index (χ0) is 22.1. The molecule has 3 aromatic rings. The average Bonchev–Trinajstić information content (AvgIpc) is 2.80. The lowest BCUT2D eigenvalue weighted by Crippen LogP contribution is -2.11. The second kappa shape index (κ2) is 10.8. The molecule has 0 heterocycles. The third-order valence-corrected chi connectivity index (χ3v) is 4.58. The standard InChI is InChI=1S/C27H26O4/c1-4-30-27(28)25(19-14-21-12-10-20(2)11-13-21)26(31-24-8-6-5-7-9-24)22-15-17-23(29-3)18-16-22/h5-19H,4H2,1-3H3/b19-14+,26-25+. The van der Waals surface area contributed by atoms with E-state index in [0.29, 0.717) is 17.1 Å². The Labute approximate surface area is 183 Å². The predicted octanol–water partition coefficient (Wildman–Crippen LogP) is 6.07. The van der Waals surface area contributed by atoms with Gasteiger partial charge in [-0.25, -0.2) is 4.79 Å². The molecule has 0 spiro atoms. The number of hydrogen-bond donors (Lipinski definition) is 0. The van der Waals surface area contributed by atoms with Gasteiger partial charge >= 0.3 is 5.97 Å². The van der Waals surface area contributed by atoms with Crippen molar-refractivity contribution in [3.63, 3.8) is 0 Å². The molecule has 0 aliphatic carbocycles. The number of carbonyl (C=O) groups excluding carboxylic acids is 1. The number of ether oxygens (including phenoxy) is 3. The van der Waals surface area contributed by atoms with Crippen LogP contribution in [-0.2, 0) is 9.53 Å². The van der Waals surface area contributed by atoms with Crippen LogP contribution in [0.2, 0.25) is 0 Å². The zero-order valence-electron chi connectivity index (χ0n) is 18.0. The van der Waals surface area contributed by atoms with Gasteiger partial charge in [0, 0.05) is 5.56 Å². The minimum Gasteiger partial charge on any atom is -0.497 e. The minimum absolute atomic E-state index is 0.266. The molecule has 158 valence electrons. The first-order valence-corrected chi connectivity index (χ1v) is 10.1. The van der Waals surface area contributed by atoms with Crippen LogP contribution in [-0.4, -0.2) is 19.7 Å². The number of methoxy groups -OCH3 is 1. The van der Waals surface area contributed by atoms with Crippen LogP contribution in [0.15, 0.2) is 90.5 Å². The average molecular weight is 415 g/mol. The Morgan fingerprint density at radius 2 is 1.55 bits per heavy atom. The van der Waals surface area contributed by atoms with E-state index in [2.05, 4.69) is 0 Å². The number of para-hydroxylation sites is 1. The van der Waals surface area contributed by atoms with Crippen LogP contribution in [0.3, 0.4) is 0 Å². The van der Waals surface area contributed by atoms with E-state index in [-0.39, 0.29) is 6.61 Å². The number of hydrogen-bond acceptors (Lipinski definition) is 4. The van der Waals surface area contributed by atoms with Crippen molar-refractivity contribution in [2.75, 3.05) is 13.7 Å². The summed E-state index contributed by atoms with van der Waals surface area (Å²) in [5.74, 6) is 1.30. The Morgan fingerprint density at radius 3 is 2.16 bits per heavy atom. The Morgan fingerprint density at radius 1 is 0.871 bits per heavy atom. The Balaban J connectivity index is 2.11. The number of benzene rings is 3. The first-order chi connectivity index (χ1) is 15.1. The lowest BCUT2D eigenvalue weighted by molar-refractivity contribution is -0.138. The fourth-order valence-corrected chi connectivity index (χ4v) is 2.92. The fraction of sp³-hybridized carbons (Fsp3) is 0.148. The van der Waals surface area contributed by atoms with Gasteiger partial charge in [0.2, 0.25) is 0 Å². The van der Waals surface area contributed by atoms with Crippen LogP contribution in [0.4, 0.5) is 0 Å². The van der Waals surface area contributed by atoms with Crippen molar-refractivity contribution in [3.8, 4) is 11.5 Å². The van der Waals surface area contributed by atoms with E-state index >= 15 is 0 Å². The molecule has 0 aliphatic heterocycles. The molecule has 0 unspecified atom stereocenters. The van der Waals surface area contributed by atoms with E-state index in [1.807, 2.05) is 91.9 Å². The van der Waals surface area contributed by atoms with Crippen LogP contribution in [0.1, 0.15) is 23.6 Å².